The highest BCUT2D eigenvalue weighted by Gasteiger charge is 2.32. The molecule has 1 saturated heterocycles. The van der Waals surface area contributed by atoms with Crippen molar-refractivity contribution in [2.45, 2.75) is 26.1 Å². The van der Waals surface area contributed by atoms with E-state index in [4.69, 9.17) is 4.42 Å². The van der Waals surface area contributed by atoms with Gasteiger partial charge in [-0.25, -0.2) is 0 Å². The Balaban J connectivity index is 1.41. The molecule has 0 radical (unpaired) electrons. The average molecular weight is 417 g/mol. The Bertz CT molecular complexity index is 1010. The fourth-order valence-electron chi connectivity index (χ4n) is 3.84. The minimum Gasteiger partial charge on any atom is -0.415 e. The number of aryl methyl sites for hydroxylation is 1. The molecule has 1 aliphatic rings. The van der Waals surface area contributed by atoms with Crippen LogP contribution in [-0.2, 0) is 6.18 Å². The molecule has 0 aliphatic carbocycles. The van der Waals surface area contributed by atoms with E-state index in [0.29, 0.717) is 30.6 Å². The summed E-state index contributed by atoms with van der Waals surface area (Å²) in [6.07, 6.45) is -4.33. The van der Waals surface area contributed by atoms with E-state index < -0.39 is 11.7 Å². The molecule has 0 saturated carbocycles. The number of halogens is 3. The first-order valence-corrected chi connectivity index (χ1v) is 9.98. The summed E-state index contributed by atoms with van der Waals surface area (Å²) in [6.45, 7) is 6.94. The number of quaternary nitrogens is 1. The molecule has 2 aromatic carbocycles. The van der Waals surface area contributed by atoms with E-state index in [2.05, 4.69) is 10.2 Å². The first kappa shape index (κ1) is 20.4. The van der Waals surface area contributed by atoms with Gasteiger partial charge in [0.15, 0.2) is 6.04 Å². The zero-order chi connectivity index (χ0) is 21.3. The van der Waals surface area contributed by atoms with E-state index in [1.54, 1.807) is 6.07 Å². The molecule has 0 bridgehead atoms. The number of rotatable bonds is 4. The standard InChI is InChI=1S/C22H23F3N4O/c1-15-5-3-6-17(13-15)21-27-26-20(30-21)16(2)28-9-11-29(12-10-28)19-8-4-7-18(14-19)22(23,24)25/h3-8,13-14,16H,9-12H2,1-2H3/p+1/t16-/m0/s1. The Morgan fingerprint density at radius 1 is 1.03 bits per heavy atom. The highest BCUT2D eigenvalue weighted by molar-refractivity contribution is 5.53. The molecule has 0 spiro atoms. The van der Waals surface area contributed by atoms with Crippen molar-refractivity contribution in [3.63, 3.8) is 0 Å². The van der Waals surface area contributed by atoms with E-state index in [0.717, 1.165) is 30.3 Å². The molecule has 8 heteroatoms. The maximum atomic E-state index is 13.0. The van der Waals surface area contributed by atoms with Crippen LogP contribution in [0.4, 0.5) is 18.9 Å². The number of nitrogens with one attached hydrogen (secondary N) is 1. The van der Waals surface area contributed by atoms with Gasteiger partial charge in [-0.05, 0) is 44.2 Å². The largest absolute Gasteiger partial charge is 0.416 e. The van der Waals surface area contributed by atoms with Crippen LogP contribution in [0, 0.1) is 6.92 Å². The first-order valence-electron chi connectivity index (χ1n) is 9.98. The molecule has 4 rings (SSSR count). The van der Waals surface area contributed by atoms with E-state index in [9.17, 15) is 13.2 Å². The summed E-state index contributed by atoms with van der Waals surface area (Å²) in [7, 11) is 0. The van der Waals surface area contributed by atoms with Gasteiger partial charge >= 0.3 is 6.18 Å². The fraction of sp³-hybridized carbons (Fsp3) is 0.364. The summed E-state index contributed by atoms with van der Waals surface area (Å²) in [4.78, 5) is 3.27. The summed E-state index contributed by atoms with van der Waals surface area (Å²) >= 11 is 0. The Morgan fingerprint density at radius 2 is 1.77 bits per heavy atom. The van der Waals surface area contributed by atoms with E-state index in [1.807, 2.05) is 43.0 Å². The summed E-state index contributed by atoms with van der Waals surface area (Å²) in [5.41, 5.74) is 2.01. The lowest BCUT2D eigenvalue weighted by molar-refractivity contribution is -0.931. The van der Waals surface area contributed by atoms with Gasteiger partial charge in [-0.2, -0.15) is 13.2 Å². The molecule has 0 amide bonds. The Kier molecular flexibility index (Phi) is 5.51. The molecule has 1 atom stereocenters. The van der Waals surface area contributed by atoms with Crippen molar-refractivity contribution in [3.8, 4) is 11.5 Å². The van der Waals surface area contributed by atoms with Gasteiger partial charge in [-0.1, -0.05) is 23.8 Å². The van der Waals surface area contributed by atoms with Crippen LogP contribution in [0.15, 0.2) is 52.9 Å². The highest BCUT2D eigenvalue weighted by Crippen LogP contribution is 2.31. The molecule has 158 valence electrons. The summed E-state index contributed by atoms with van der Waals surface area (Å²) in [6, 6.07) is 13.4. The van der Waals surface area contributed by atoms with Crippen LogP contribution in [0.3, 0.4) is 0 Å². The predicted molar refractivity (Wildman–Crippen MR) is 107 cm³/mol. The maximum Gasteiger partial charge on any atom is 0.416 e. The van der Waals surface area contributed by atoms with Crippen LogP contribution < -0.4 is 9.80 Å². The van der Waals surface area contributed by atoms with Crippen molar-refractivity contribution in [1.29, 1.82) is 0 Å². The predicted octanol–water partition coefficient (Wildman–Crippen LogP) is 3.53. The second-order valence-corrected chi connectivity index (χ2v) is 7.73. The van der Waals surface area contributed by atoms with Gasteiger partial charge in [-0.15, -0.1) is 10.2 Å². The third-order valence-electron chi connectivity index (χ3n) is 5.63. The van der Waals surface area contributed by atoms with Gasteiger partial charge in [0.1, 0.15) is 0 Å². The number of hydrogen-bond donors (Lipinski definition) is 1. The zero-order valence-electron chi connectivity index (χ0n) is 16.9. The molecule has 1 aromatic heterocycles. The molecule has 1 N–H and O–H groups in total. The number of hydrogen-bond acceptors (Lipinski definition) is 4. The minimum atomic E-state index is -4.33. The van der Waals surface area contributed by atoms with Crippen molar-refractivity contribution in [1.82, 2.24) is 10.2 Å². The Labute approximate surface area is 173 Å². The topological polar surface area (TPSA) is 46.6 Å². The molecule has 3 aromatic rings. The quantitative estimate of drug-likeness (QED) is 0.706. The Hall–Kier alpha value is -2.87. The SMILES string of the molecule is Cc1cccc(-c2nnc([C@H](C)[NH+]3CCN(c4cccc(C(F)(F)F)c4)CC3)o2)c1. The summed E-state index contributed by atoms with van der Waals surface area (Å²) in [5.74, 6) is 1.08. The molecule has 30 heavy (non-hydrogen) atoms. The lowest BCUT2D eigenvalue weighted by Gasteiger charge is -2.35. The van der Waals surface area contributed by atoms with Crippen LogP contribution in [0.1, 0.15) is 30.0 Å². The third-order valence-corrected chi connectivity index (χ3v) is 5.63. The summed E-state index contributed by atoms with van der Waals surface area (Å²) < 4.78 is 44.9. The molecule has 2 heterocycles. The smallest absolute Gasteiger partial charge is 0.415 e. The van der Waals surface area contributed by atoms with Crippen molar-refractivity contribution in [2.24, 2.45) is 0 Å². The number of benzene rings is 2. The van der Waals surface area contributed by atoms with Crippen molar-refractivity contribution in [2.75, 3.05) is 31.1 Å². The second kappa shape index (κ2) is 8.10. The van der Waals surface area contributed by atoms with Crippen molar-refractivity contribution in [3.05, 3.63) is 65.5 Å². The molecule has 1 aliphatic heterocycles. The average Bonchev–Trinajstić information content (AvgIpc) is 3.23. The monoisotopic (exact) mass is 417 g/mol. The minimum absolute atomic E-state index is 0.0136. The third kappa shape index (κ3) is 4.33. The molecular formula is C22H24F3N4O+. The molecule has 5 nitrogen and oxygen atoms in total. The summed E-state index contributed by atoms with van der Waals surface area (Å²) in [5, 5.41) is 8.43. The van der Waals surface area contributed by atoms with Crippen LogP contribution in [0.5, 0.6) is 0 Å². The lowest BCUT2D eigenvalue weighted by atomic mass is 10.1. The van der Waals surface area contributed by atoms with Gasteiger partial charge in [0.05, 0.1) is 31.7 Å². The van der Waals surface area contributed by atoms with Crippen molar-refractivity contribution < 1.29 is 22.5 Å². The van der Waals surface area contributed by atoms with Crippen LogP contribution in [0.25, 0.3) is 11.5 Å². The molecule has 1 fully saturated rings. The zero-order valence-corrected chi connectivity index (χ0v) is 16.9. The van der Waals surface area contributed by atoms with Gasteiger partial charge in [0, 0.05) is 11.3 Å². The normalized spacial score (nSPS) is 16.6. The van der Waals surface area contributed by atoms with Gasteiger partial charge < -0.3 is 14.2 Å². The number of aromatic nitrogens is 2. The highest BCUT2D eigenvalue weighted by atomic mass is 19.4. The first-order chi connectivity index (χ1) is 14.3. The number of anilines is 1. The number of piperazine rings is 1. The van der Waals surface area contributed by atoms with Crippen molar-refractivity contribution >= 4 is 5.69 Å². The van der Waals surface area contributed by atoms with E-state index in [1.165, 1.54) is 17.0 Å². The lowest BCUT2D eigenvalue weighted by Crippen LogP contribution is -3.14. The fourth-order valence-corrected chi connectivity index (χ4v) is 3.84. The Morgan fingerprint density at radius 3 is 2.47 bits per heavy atom. The van der Waals surface area contributed by atoms with Gasteiger partial charge in [0.2, 0.25) is 5.89 Å². The van der Waals surface area contributed by atoms with Gasteiger partial charge in [0.25, 0.3) is 5.89 Å². The number of nitrogens with zero attached hydrogens (tertiary/aromatic N) is 3. The maximum absolute atomic E-state index is 13.0. The number of alkyl halides is 3. The molecular weight excluding hydrogens is 393 g/mol. The van der Waals surface area contributed by atoms with Crippen LogP contribution in [0.2, 0.25) is 0 Å². The van der Waals surface area contributed by atoms with Crippen LogP contribution >= 0.6 is 0 Å². The van der Waals surface area contributed by atoms with Gasteiger partial charge in [-0.3, -0.25) is 0 Å². The molecule has 0 unspecified atom stereocenters. The van der Waals surface area contributed by atoms with E-state index in [-0.39, 0.29) is 6.04 Å². The van der Waals surface area contributed by atoms with E-state index >= 15 is 0 Å². The second-order valence-electron chi connectivity index (χ2n) is 7.73. The van der Waals surface area contributed by atoms with Crippen LogP contribution in [-0.4, -0.2) is 36.4 Å².